The molecular weight excluding hydrogens is 697 g/mol. The van der Waals surface area contributed by atoms with Crippen molar-refractivity contribution in [1.29, 1.82) is 0 Å². The fourth-order valence-corrected chi connectivity index (χ4v) is 9.48. The Kier molecular flexibility index (Phi) is 10.4. The molecule has 229 valence electrons. The minimum Gasteiger partial charge on any atom is -1.00 e. The third kappa shape index (κ3) is 5.52. The maximum atomic E-state index is 2.59. The zero-order valence-electron chi connectivity index (χ0n) is 26.9. The summed E-state index contributed by atoms with van der Waals surface area (Å²) in [5.74, 6) is 0.285. The molecule has 0 saturated heterocycles. The molecule has 0 amide bonds. The van der Waals surface area contributed by atoms with Crippen molar-refractivity contribution < 1.29 is 51.0 Å². The van der Waals surface area contributed by atoms with Crippen LogP contribution in [0.2, 0.25) is 13.1 Å². The summed E-state index contributed by atoms with van der Waals surface area (Å²) in [4.78, 5) is 2.59. The SMILES string of the molecule is CC1=Cc2c(cccc2N2CCCc3ccccc32)C1C1=c2c(-c3cccc4ccccc34)c(C)[cH-]c2=CCC1=[Si](C)C.[Cl-].[Cl-].[Zr+3]. The van der Waals surface area contributed by atoms with E-state index in [-0.39, 0.29) is 56.9 Å². The van der Waals surface area contributed by atoms with Crippen LogP contribution in [0.5, 0.6) is 0 Å². The molecule has 0 aromatic heterocycles. The van der Waals surface area contributed by atoms with Gasteiger partial charge in [-0.2, -0.15) is 11.3 Å². The van der Waals surface area contributed by atoms with Gasteiger partial charge in [-0.25, -0.2) is 0 Å². The number of para-hydroxylation sites is 1. The van der Waals surface area contributed by atoms with Crippen LogP contribution >= 0.6 is 0 Å². The van der Waals surface area contributed by atoms with Crippen molar-refractivity contribution in [1.82, 2.24) is 0 Å². The molecule has 2 aliphatic carbocycles. The van der Waals surface area contributed by atoms with Crippen LogP contribution in [-0.2, 0) is 32.6 Å². The Balaban J connectivity index is 0.00000139. The number of nitrogens with zero attached hydrogens (tertiary/aromatic N) is 1. The summed E-state index contributed by atoms with van der Waals surface area (Å²) in [5.41, 5.74) is 14.3. The van der Waals surface area contributed by atoms with Gasteiger partial charge in [0.2, 0.25) is 0 Å². The Morgan fingerprint density at radius 1 is 0.826 bits per heavy atom. The fraction of sp³-hybridized carbons (Fsp3) is 0.220. The van der Waals surface area contributed by atoms with Crippen LogP contribution in [0.25, 0.3) is 39.6 Å². The van der Waals surface area contributed by atoms with E-state index in [9.17, 15) is 0 Å². The molecule has 1 radical (unpaired) electrons. The molecule has 0 spiro atoms. The average molecular weight is 735 g/mol. The molecule has 0 saturated carbocycles. The molecule has 0 N–H and O–H groups in total. The summed E-state index contributed by atoms with van der Waals surface area (Å²) in [5, 5.41) is 7.25. The molecule has 1 heterocycles. The van der Waals surface area contributed by atoms with Gasteiger partial charge in [0.05, 0.1) is 0 Å². The fourth-order valence-electron chi connectivity index (χ4n) is 8.16. The van der Waals surface area contributed by atoms with E-state index in [1.807, 2.05) is 0 Å². The van der Waals surface area contributed by atoms with E-state index in [0.29, 0.717) is 0 Å². The number of rotatable bonds is 3. The van der Waals surface area contributed by atoms with Gasteiger partial charge < -0.3 is 29.7 Å². The van der Waals surface area contributed by atoms with Gasteiger partial charge in [0.25, 0.3) is 0 Å². The number of halogens is 2. The summed E-state index contributed by atoms with van der Waals surface area (Å²) in [6.07, 6.45) is 8.46. The Morgan fingerprint density at radius 2 is 1.54 bits per heavy atom. The Bertz CT molecular complexity index is 2150. The first kappa shape index (κ1) is 34.6. The van der Waals surface area contributed by atoms with E-state index >= 15 is 0 Å². The zero-order chi connectivity index (χ0) is 29.2. The number of allylic oxidation sites excluding steroid dienone is 1. The first-order chi connectivity index (χ1) is 21.0. The van der Waals surface area contributed by atoms with Gasteiger partial charge in [-0.05, 0) is 60.2 Å². The Labute approximate surface area is 306 Å². The third-order valence-electron chi connectivity index (χ3n) is 10.0. The first-order valence-electron chi connectivity index (χ1n) is 15.8. The van der Waals surface area contributed by atoms with Crippen LogP contribution in [0, 0.1) is 6.92 Å². The van der Waals surface area contributed by atoms with Crippen LogP contribution in [0.15, 0.2) is 96.6 Å². The minimum atomic E-state index is -0.676. The third-order valence-corrected chi connectivity index (χ3v) is 11.7. The topological polar surface area (TPSA) is 3.24 Å². The van der Waals surface area contributed by atoms with Crippen molar-refractivity contribution in [2.45, 2.75) is 52.1 Å². The van der Waals surface area contributed by atoms with Gasteiger partial charge in [-0.15, -0.1) is 22.4 Å². The minimum absolute atomic E-state index is 0. The predicted octanol–water partition coefficient (Wildman–Crippen LogP) is 2.67. The Morgan fingerprint density at radius 3 is 2.37 bits per heavy atom. The second-order valence-electron chi connectivity index (χ2n) is 12.8. The number of aryl methyl sites for hydroxylation is 2. The second-order valence-corrected chi connectivity index (χ2v) is 15.4. The molecule has 5 aromatic rings. The molecule has 46 heavy (non-hydrogen) atoms. The van der Waals surface area contributed by atoms with Gasteiger partial charge in [0, 0.05) is 37.8 Å². The summed E-state index contributed by atoms with van der Waals surface area (Å²) in [6, 6.07) is 34.3. The van der Waals surface area contributed by atoms with Gasteiger partial charge >= 0.3 is 26.2 Å². The van der Waals surface area contributed by atoms with E-state index < -0.39 is 8.41 Å². The van der Waals surface area contributed by atoms with Crippen LogP contribution < -0.4 is 40.2 Å². The van der Waals surface area contributed by atoms with Crippen molar-refractivity contribution in [3.63, 3.8) is 0 Å². The normalized spacial score (nSPS) is 16.2. The predicted molar refractivity (Wildman–Crippen MR) is 189 cm³/mol. The smallest absolute Gasteiger partial charge is 1.00 e. The van der Waals surface area contributed by atoms with Crippen molar-refractivity contribution in [3.8, 4) is 11.1 Å². The molecule has 1 nitrogen and oxygen atoms in total. The van der Waals surface area contributed by atoms with Crippen molar-refractivity contribution in [2.75, 3.05) is 11.4 Å². The standard InChI is InChI=1S/C41H38NSi.2ClH.Zr/c1-26-24-30-21-22-37(43(3)4)41(40(30)38(26)32-17-9-14-28-12-5-7-16-31(28)32)39-27(2)25-34-33(39)18-10-20-36(34)42-23-11-15-29-13-6-8-19-35(29)42;;;/h5-10,12-14,16-21,24-25,39H,11,15,22-23H2,1-4H3;2*1H;/q-1;;;+3/p-2. The van der Waals surface area contributed by atoms with Gasteiger partial charge in [0.15, 0.2) is 0 Å². The van der Waals surface area contributed by atoms with E-state index in [2.05, 4.69) is 135 Å². The molecule has 8 rings (SSSR count). The van der Waals surface area contributed by atoms with Crippen LogP contribution in [0.1, 0.15) is 47.9 Å². The van der Waals surface area contributed by atoms with E-state index in [1.165, 1.54) is 84.4 Å². The summed E-state index contributed by atoms with van der Waals surface area (Å²) >= 11 is 0. The van der Waals surface area contributed by atoms with Crippen molar-refractivity contribution in [3.05, 3.63) is 129 Å². The number of hydrogen-bond acceptors (Lipinski definition) is 1. The van der Waals surface area contributed by atoms with Crippen LogP contribution in [0.3, 0.4) is 0 Å². The van der Waals surface area contributed by atoms with E-state index in [4.69, 9.17) is 0 Å². The first-order valence-corrected chi connectivity index (χ1v) is 18.3. The second kappa shape index (κ2) is 13.8. The number of fused-ring (bicyclic) bond motifs is 4. The molecule has 1 unspecified atom stereocenters. The van der Waals surface area contributed by atoms with Gasteiger partial charge in [0.1, 0.15) is 0 Å². The number of anilines is 2. The van der Waals surface area contributed by atoms with Crippen LogP contribution in [0.4, 0.5) is 11.4 Å². The molecule has 1 atom stereocenters. The molecule has 0 bridgehead atoms. The van der Waals surface area contributed by atoms with Crippen molar-refractivity contribution >= 4 is 53.5 Å². The zero-order valence-corrected chi connectivity index (χ0v) is 31.9. The largest absolute Gasteiger partial charge is 3.00 e. The molecule has 1 aliphatic heterocycles. The van der Waals surface area contributed by atoms with E-state index in [1.54, 1.807) is 10.7 Å². The number of hydrogen-bond donors (Lipinski definition) is 0. The maximum Gasteiger partial charge on any atom is 3.00 e. The maximum absolute atomic E-state index is 2.59. The summed E-state index contributed by atoms with van der Waals surface area (Å²) < 4.78 is 0. The van der Waals surface area contributed by atoms with Crippen LogP contribution in [-0.4, -0.2) is 20.1 Å². The van der Waals surface area contributed by atoms with Crippen molar-refractivity contribution in [2.24, 2.45) is 0 Å². The average Bonchev–Trinajstić information content (AvgIpc) is 3.55. The number of benzene rings is 4. The molecule has 3 aliphatic rings. The quantitative estimate of drug-likeness (QED) is 0.204. The van der Waals surface area contributed by atoms with Gasteiger partial charge in [-0.3, -0.25) is 0 Å². The monoisotopic (exact) mass is 732 g/mol. The molecule has 0 fully saturated rings. The van der Waals surface area contributed by atoms with E-state index in [0.717, 1.165) is 13.0 Å². The Hall–Kier alpha value is -2.68. The molecule has 5 heteroatoms. The molecular formula is C41H38Cl2NSiZr. The van der Waals surface area contributed by atoms with Gasteiger partial charge in [-0.1, -0.05) is 121 Å². The molecule has 5 aromatic carbocycles. The summed E-state index contributed by atoms with van der Waals surface area (Å²) in [7, 11) is -0.676. The summed E-state index contributed by atoms with van der Waals surface area (Å²) in [6.45, 7) is 10.8.